The Balaban J connectivity index is 1.37. The molecule has 0 amide bonds. The normalized spacial score (nSPS) is 17.9. The molecule has 0 N–H and O–H groups in total. The molecule has 2 aliphatic heterocycles. The van der Waals surface area contributed by atoms with Crippen molar-refractivity contribution in [3.05, 3.63) is 82.6 Å². The Bertz CT molecular complexity index is 985. The Morgan fingerprint density at radius 1 is 0.935 bits per heavy atom. The third-order valence-corrected chi connectivity index (χ3v) is 6.43. The first kappa shape index (κ1) is 22.5. The van der Waals surface area contributed by atoms with Crippen LogP contribution in [-0.2, 0) is 10.3 Å². The van der Waals surface area contributed by atoms with Crippen molar-refractivity contribution >= 4 is 34.8 Å². The highest BCUT2D eigenvalue weighted by Crippen LogP contribution is 2.38. The van der Waals surface area contributed by atoms with Gasteiger partial charge in [0.1, 0.15) is 0 Å². The predicted octanol–water partition coefficient (Wildman–Crippen LogP) is 5.23. The molecule has 162 valence electrons. The van der Waals surface area contributed by atoms with E-state index >= 15 is 0 Å². The quantitative estimate of drug-likeness (QED) is 0.445. The van der Waals surface area contributed by atoms with Crippen LogP contribution in [-0.4, -0.2) is 54.6 Å². The van der Waals surface area contributed by atoms with Crippen molar-refractivity contribution < 1.29 is 0 Å². The van der Waals surface area contributed by atoms with Crippen LogP contribution >= 0.6 is 34.8 Å². The molecule has 0 aliphatic carbocycles. The minimum absolute atomic E-state index is 0.696. The van der Waals surface area contributed by atoms with Gasteiger partial charge in [-0.2, -0.15) is 0 Å². The van der Waals surface area contributed by atoms with Crippen LogP contribution in [0, 0.1) is 11.8 Å². The minimum atomic E-state index is -1.38. The maximum atomic E-state index is 5.98. The predicted molar refractivity (Wildman–Crippen MR) is 130 cm³/mol. The summed E-state index contributed by atoms with van der Waals surface area (Å²) in [4.78, 5) is 7.30. The van der Waals surface area contributed by atoms with Crippen LogP contribution in [0.3, 0.4) is 0 Å². The van der Waals surface area contributed by atoms with Crippen molar-refractivity contribution in [2.45, 2.75) is 16.8 Å². The topological polar surface area (TPSA) is 9.72 Å². The molecule has 4 rings (SSSR count). The molecule has 31 heavy (non-hydrogen) atoms. The standard InChI is InChI=1S/C25H26Cl3N3/c1-29-19-31(16-21-9-11-23(12-10-21)25(26,27)28)18-22-17-30(15-13-24(22)29)14-5-8-20-6-3-2-4-7-20/h2-4,6-7,9-12H,13-19H2,1H3. The van der Waals surface area contributed by atoms with Gasteiger partial charge in [0, 0.05) is 56.5 Å². The average molecular weight is 475 g/mol. The zero-order chi connectivity index (χ0) is 21.8. The summed E-state index contributed by atoms with van der Waals surface area (Å²) in [6.07, 6.45) is 1.09. The second kappa shape index (κ2) is 9.86. The number of nitrogens with zero attached hydrogens (tertiary/aromatic N) is 3. The van der Waals surface area contributed by atoms with E-state index in [0.717, 1.165) is 51.4 Å². The number of alkyl halides is 3. The highest BCUT2D eigenvalue weighted by Gasteiger charge is 2.28. The molecule has 2 aromatic rings. The number of halogens is 3. The maximum absolute atomic E-state index is 5.98. The fourth-order valence-corrected chi connectivity index (χ4v) is 4.64. The summed E-state index contributed by atoms with van der Waals surface area (Å²) in [6.45, 7) is 5.62. The first-order valence-corrected chi connectivity index (χ1v) is 11.6. The molecular formula is C25H26Cl3N3. The Labute approximate surface area is 200 Å². The number of rotatable bonds is 3. The van der Waals surface area contributed by atoms with E-state index in [9.17, 15) is 0 Å². The molecule has 0 radical (unpaired) electrons. The Hall–Kier alpha value is -1.67. The molecule has 0 bridgehead atoms. The Morgan fingerprint density at radius 3 is 2.35 bits per heavy atom. The first-order valence-electron chi connectivity index (χ1n) is 10.5. The van der Waals surface area contributed by atoms with Crippen LogP contribution in [0.4, 0.5) is 0 Å². The summed E-state index contributed by atoms with van der Waals surface area (Å²) < 4.78 is -1.38. The molecule has 2 aromatic carbocycles. The molecule has 0 spiro atoms. The summed E-state index contributed by atoms with van der Waals surface area (Å²) in [5.74, 6) is 6.61. The van der Waals surface area contributed by atoms with Gasteiger partial charge in [0.2, 0.25) is 3.79 Å². The average Bonchev–Trinajstić information content (AvgIpc) is 2.74. The second-order valence-electron chi connectivity index (χ2n) is 8.20. The zero-order valence-electron chi connectivity index (χ0n) is 17.6. The van der Waals surface area contributed by atoms with E-state index < -0.39 is 3.79 Å². The third-order valence-electron chi connectivity index (χ3n) is 5.77. The van der Waals surface area contributed by atoms with Gasteiger partial charge < -0.3 is 4.90 Å². The van der Waals surface area contributed by atoms with Crippen LogP contribution in [0.25, 0.3) is 0 Å². The van der Waals surface area contributed by atoms with E-state index in [4.69, 9.17) is 34.8 Å². The SMILES string of the molecule is CN1CN(Cc2ccc(C(Cl)(Cl)Cl)cc2)CC2=C1CCN(CC#Cc1ccccc1)C2. The highest BCUT2D eigenvalue weighted by atomic mass is 35.6. The van der Waals surface area contributed by atoms with E-state index in [1.165, 1.54) is 16.8 Å². The first-order chi connectivity index (χ1) is 14.9. The monoisotopic (exact) mass is 473 g/mol. The summed E-state index contributed by atoms with van der Waals surface area (Å²) in [7, 11) is 2.19. The molecule has 0 saturated heterocycles. The Morgan fingerprint density at radius 2 is 1.65 bits per heavy atom. The molecule has 6 heteroatoms. The third kappa shape index (κ3) is 5.98. The van der Waals surface area contributed by atoms with Crippen LogP contribution in [0.5, 0.6) is 0 Å². The maximum Gasteiger partial charge on any atom is 0.216 e. The number of hydrogen-bond acceptors (Lipinski definition) is 3. The van der Waals surface area contributed by atoms with Crippen molar-refractivity contribution in [1.29, 1.82) is 0 Å². The van der Waals surface area contributed by atoms with Gasteiger partial charge in [-0.1, -0.05) is 89.1 Å². The fraction of sp³-hybridized carbons (Fsp3) is 0.360. The van der Waals surface area contributed by atoms with Gasteiger partial charge in [-0.3, -0.25) is 9.80 Å². The van der Waals surface area contributed by atoms with Crippen LogP contribution in [0.15, 0.2) is 65.9 Å². The molecule has 0 fully saturated rings. The summed E-state index contributed by atoms with van der Waals surface area (Å²) in [6, 6.07) is 18.1. The van der Waals surface area contributed by atoms with Gasteiger partial charge in [-0.05, 0) is 23.3 Å². The van der Waals surface area contributed by atoms with Gasteiger partial charge in [0.25, 0.3) is 0 Å². The molecule has 0 aromatic heterocycles. The Kier molecular flexibility index (Phi) is 7.16. The van der Waals surface area contributed by atoms with E-state index in [1.54, 1.807) is 0 Å². The second-order valence-corrected chi connectivity index (χ2v) is 10.5. The largest absolute Gasteiger partial charge is 0.365 e. The molecular weight excluding hydrogens is 449 g/mol. The number of benzene rings is 2. The van der Waals surface area contributed by atoms with E-state index in [0.29, 0.717) is 5.56 Å². The van der Waals surface area contributed by atoms with Crippen LogP contribution < -0.4 is 0 Å². The lowest BCUT2D eigenvalue weighted by atomic mass is 10.0. The van der Waals surface area contributed by atoms with E-state index in [1.807, 2.05) is 42.5 Å². The summed E-state index contributed by atoms with van der Waals surface area (Å²) >= 11 is 17.9. The van der Waals surface area contributed by atoms with Gasteiger partial charge in [0.15, 0.2) is 0 Å². The van der Waals surface area contributed by atoms with Crippen molar-refractivity contribution in [1.82, 2.24) is 14.7 Å². The molecule has 2 aliphatic rings. The molecule has 0 atom stereocenters. The van der Waals surface area contributed by atoms with Crippen LogP contribution in [0.2, 0.25) is 0 Å². The van der Waals surface area contributed by atoms with Gasteiger partial charge in [-0.25, -0.2) is 0 Å². The molecule has 3 nitrogen and oxygen atoms in total. The van der Waals surface area contributed by atoms with E-state index in [-0.39, 0.29) is 0 Å². The number of hydrogen-bond donors (Lipinski definition) is 0. The van der Waals surface area contributed by atoms with Crippen molar-refractivity contribution in [3.8, 4) is 11.8 Å². The van der Waals surface area contributed by atoms with Gasteiger partial charge in [-0.15, -0.1) is 0 Å². The highest BCUT2D eigenvalue weighted by molar-refractivity contribution is 6.66. The smallest absolute Gasteiger partial charge is 0.216 e. The van der Waals surface area contributed by atoms with Gasteiger partial charge in [0.05, 0.1) is 13.2 Å². The zero-order valence-corrected chi connectivity index (χ0v) is 19.9. The van der Waals surface area contributed by atoms with E-state index in [2.05, 4.69) is 45.7 Å². The molecule has 0 saturated carbocycles. The lowest BCUT2D eigenvalue weighted by Gasteiger charge is -2.42. The lowest BCUT2D eigenvalue weighted by molar-refractivity contribution is 0.137. The van der Waals surface area contributed by atoms with Crippen LogP contribution in [0.1, 0.15) is 23.1 Å². The van der Waals surface area contributed by atoms with Gasteiger partial charge >= 0.3 is 0 Å². The van der Waals surface area contributed by atoms with Crippen molar-refractivity contribution in [2.75, 3.05) is 39.9 Å². The van der Waals surface area contributed by atoms with Crippen molar-refractivity contribution in [3.63, 3.8) is 0 Å². The fourth-order valence-electron chi connectivity index (χ4n) is 4.26. The summed E-state index contributed by atoms with van der Waals surface area (Å²) in [5.41, 5.74) is 5.98. The van der Waals surface area contributed by atoms with Crippen molar-refractivity contribution in [2.24, 2.45) is 0 Å². The molecule has 0 unspecified atom stereocenters. The lowest BCUT2D eigenvalue weighted by Crippen LogP contribution is -2.47. The molecule has 2 heterocycles. The summed E-state index contributed by atoms with van der Waals surface area (Å²) in [5, 5.41) is 0. The minimum Gasteiger partial charge on any atom is -0.365 e.